The summed E-state index contributed by atoms with van der Waals surface area (Å²) in [6.45, 7) is 4.39. The summed E-state index contributed by atoms with van der Waals surface area (Å²) in [5.41, 5.74) is 0.868. The minimum atomic E-state index is -0.622. The molecule has 162 valence electrons. The maximum Gasteiger partial charge on any atom is 0.261 e. The van der Waals surface area contributed by atoms with Gasteiger partial charge in [-0.1, -0.05) is 26.0 Å². The maximum absolute atomic E-state index is 13.1. The van der Waals surface area contributed by atoms with Gasteiger partial charge in [0.2, 0.25) is 5.91 Å². The SMILES string of the molecule is CCCNC(=O)[C@H](CC)N(Cc1ccc(OC)cc1)C(=O)COc1ccc(F)cc1. The van der Waals surface area contributed by atoms with Gasteiger partial charge in [0.15, 0.2) is 6.61 Å². The molecule has 0 unspecified atom stereocenters. The van der Waals surface area contributed by atoms with Crippen molar-refractivity contribution in [3.8, 4) is 11.5 Å². The Hall–Kier alpha value is -3.09. The van der Waals surface area contributed by atoms with E-state index in [-0.39, 0.29) is 30.8 Å². The summed E-state index contributed by atoms with van der Waals surface area (Å²) in [6, 6.07) is 12.2. The predicted octanol–water partition coefficient (Wildman–Crippen LogP) is 3.55. The number of carbonyl (C=O) groups excluding carboxylic acids is 2. The van der Waals surface area contributed by atoms with Crippen LogP contribution in [0.3, 0.4) is 0 Å². The van der Waals surface area contributed by atoms with Crippen molar-refractivity contribution in [3.63, 3.8) is 0 Å². The number of nitrogens with one attached hydrogen (secondary N) is 1. The van der Waals surface area contributed by atoms with E-state index in [1.807, 2.05) is 38.1 Å². The first kappa shape index (κ1) is 23.2. The fraction of sp³-hybridized carbons (Fsp3) is 0.391. The van der Waals surface area contributed by atoms with Gasteiger partial charge in [0.1, 0.15) is 23.4 Å². The topological polar surface area (TPSA) is 67.9 Å². The van der Waals surface area contributed by atoms with Crippen molar-refractivity contribution in [1.29, 1.82) is 0 Å². The molecule has 2 rings (SSSR count). The van der Waals surface area contributed by atoms with E-state index in [9.17, 15) is 14.0 Å². The van der Waals surface area contributed by atoms with Gasteiger partial charge in [-0.3, -0.25) is 9.59 Å². The van der Waals surface area contributed by atoms with Crippen molar-refractivity contribution in [1.82, 2.24) is 10.2 Å². The second kappa shape index (κ2) is 11.8. The summed E-state index contributed by atoms with van der Waals surface area (Å²) in [4.78, 5) is 27.2. The first-order chi connectivity index (χ1) is 14.5. The quantitative estimate of drug-likeness (QED) is 0.608. The lowest BCUT2D eigenvalue weighted by molar-refractivity contribution is -0.143. The Morgan fingerprint density at radius 3 is 2.23 bits per heavy atom. The average molecular weight is 416 g/mol. The van der Waals surface area contributed by atoms with Gasteiger partial charge in [0.05, 0.1) is 7.11 Å². The lowest BCUT2D eigenvalue weighted by Crippen LogP contribution is -2.50. The Kier molecular flexibility index (Phi) is 9.12. The molecule has 30 heavy (non-hydrogen) atoms. The smallest absolute Gasteiger partial charge is 0.261 e. The second-order valence-electron chi connectivity index (χ2n) is 6.83. The highest BCUT2D eigenvalue weighted by atomic mass is 19.1. The van der Waals surface area contributed by atoms with Crippen LogP contribution < -0.4 is 14.8 Å². The van der Waals surface area contributed by atoms with Gasteiger partial charge in [-0.25, -0.2) is 4.39 Å². The normalized spacial score (nSPS) is 11.5. The van der Waals surface area contributed by atoms with Crippen LogP contribution in [0.4, 0.5) is 4.39 Å². The van der Waals surface area contributed by atoms with Gasteiger partial charge in [-0.15, -0.1) is 0 Å². The molecule has 0 bridgehead atoms. The van der Waals surface area contributed by atoms with Crippen molar-refractivity contribution in [3.05, 3.63) is 59.9 Å². The number of benzene rings is 2. The number of halogens is 1. The highest BCUT2D eigenvalue weighted by Gasteiger charge is 2.28. The van der Waals surface area contributed by atoms with Crippen molar-refractivity contribution in [2.45, 2.75) is 39.3 Å². The van der Waals surface area contributed by atoms with Crippen LogP contribution in [0.25, 0.3) is 0 Å². The molecule has 0 radical (unpaired) electrons. The summed E-state index contributed by atoms with van der Waals surface area (Å²) in [5.74, 6) is 0.201. The number of methoxy groups -OCH3 is 1. The van der Waals surface area contributed by atoms with Crippen LogP contribution in [0.1, 0.15) is 32.3 Å². The molecule has 0 aromatic heterocycles. The lowest BCUT2D eigenvalue weighted by Gasteiger charge is -2.30. The number of rotatable bonds is 11. The number of amides is 2. The molecular formula is C23H29FN2O4. The number of carbonyl (C=O) groups is 2. The van der Waals surface area contributed by atoms with Crippen molar-refractivity contribution >= 4 is 11.8 Å². The lowest BCUT2D eigenvalue weighted by atomic mass is 10.1. The molecule has 0 spiro atoms. The third-order valence-corrected chi connectivity index (χ3v) is 4.62. The third kappa shape index (κ3) is 6.76. The van der Waals surface area contributed by atoms with Crippen LogP contribution in [0, 0.1) is 5.82 Å². The van der Waals surface area contributed by atoms with E-state index in [0.717, 1.165) is 12.0 Å². The molecule has 1 atom stereocenters. The van der Waals surface area contributed by atoms with E-state index < -0.39 is 6.04 Å². The standard InChI is InChI=1S/C23H29FN2O4/c1-4-14-25-23(28)21(5-2)26(15-17-6-10-19(29-3)11-7-17)22(27)16-30-20-12-8-18(24)9-13-20/h6-13,21H,4-5,14-16H2,1-3H3,(H,25,28)/t21-/m0/s1. The van der Waals surface area contributed by atoms with Crippen LogP contribution in [0.5, 0.6) is 11.5 Å². The summed E-state index contributed by atoms with van der Waals surface area (Å²) in [5, 5.41) is 2.87. The number of ether oxygens (including phenoxy) is 2. The number of nitrogens with zero attached hydrogens (tertiary/aromatic N) is 1. The monoisotopic (exact) mass is 416 g/mol. The predicted molar refractivity (Wildman–Crippen MR) is 113 cm³/mol. The molecule has 0 heterocycles. The zero-order valence-corrected chi connectivity index (χ0v) is 17.7. The molecular weight excluding hydrogens is 387 g/mol. The van der Waals surface area contributed by atoms with Gasteiger partial charge in [-0.05, 0) is 54.8 Å². The van der Waals surface area contributed by atoms with E-state index in [4.69, 9.17) is 9.47 Å². The summed E-state index contributed by atoms with van der Waals surface area (Å²) in [6.07, 6.45) is 1.27. The number of hydrogen-bond acceptors (Lipinski definition) is 4. The Labute approximate surface area is 177 Å². The van der Waals surface area contributed by atoms with Crippen molar-refractivity contribution in [2.24, 2.45) is 0 Å². The molecule has 0 fully saturated rings. The van der Waals surface area contributed by atoms with E-state index in [2.05, 4.69) is 5.32 Å². The van der Waals surface area contributed by atoms with Gasteiger partial charge >= 0.3 is 0 Å². The Bertz CT molecular complexity index is 809. The first-order valence-electron chi connectivity index (χ1n) is 10.1. The fourth-order valence-electron chi connectivity index (χ4n) is 2.97. The number of hydrogen-bond donors (Lipinski definition) is 1. The maximum atomic E-state index is 13.1. The Morgan fingerprint density at radius 1 is 1.03 bits per heavy atom. The zero-order valence-electron chi connectivity index (χ0n) is 17.7. The molecule has 0 aliphatic heterocycles. The molecule has 2 amide bonds. The molecule has 7 heteroatoms. The van der Waals surface area contributed by atoms with Crippen molar-refractivity contribution in [2.75, 3.05) is 20.3 Å². The highest BCUT2D eigenvalue weighted by Crippen LogP contribution is 2.17. The van der Waals surface area contributed by atoms with Crippen LogP contribution in [-0.2, 0) is 16.1 Å². The summed E-state index contributed by atoms with van der Waals surface area (Å²) >= 11 is 0. The molecule has 2 aromatic rings. The molecule has 0 saturated carbocycles. The molecule has 1 N–H and O–H groups in total. The van der Waals surface area contributed by atoms with E-state index >= 15 is 0 Å². The Balaban J connectivity index is 2.17. The van der Waals surface area contributed by atoms with Gasteiger partial charge in [0, 0.05) is 13.1 Å². The van der Waals surface area contributed by atoms with Gasteiger partial charge in [0.25, 0.3) is 5.91 Å². The Morgan fingerprint density at radius 2 is 1.67 bits per heavy atom. The zero-order chi connectivity index (χ0) is 21.9. The second-order valence-corrected chi connectivity index (χ2v) is 6.83. The minimum absolute atomic E-state index is 0.192. The van der Waals surface area contributed by atoms with Crippen LogP contribution in [0.2, 0.25) is 0 Å². The highest BCUT2D eigenvalue weighted by molar-refractivity contribution is 5.88. The molecule has 2 aromatic carbocycles. The molecule has 0 aliphatic rings. The van der Waals surface area contributed by atoms with Crippen LogP contribution in [0.15, 0.2) is 48.5 Å². The van der Waals surface area contributed by atoms with E-state index in [1.165, 1.54) is 29.2 Å². The summed E-state index contributed by atoms with van der Waals surface area (Å²) in [7, 11) is 1.59. The first-order valence-corrected chi connectivity index (χ1v) is 10.1. The largest absolute Gasteiger partial charge is 0.497 e. The summed E-state index contributed by atoms with van der Waals surface area (Å²) < 4.78 is 23.8. The molecule has 0 aliphatic carbocycles. The van der Waals surface area contributed by atoms with Gasteiger partial charge in [-0.2, -0.15) is 0 Å². The third-order valence-electron chi connectivity index (χ3n) is 4.62. The van der Waals surface area contributed by atoms with E-state index in [1.54, 1.807) is 7.11 Å². The van der Waals surface area contributed by atoms with Gasteiger partial charge < -0.3 is 19.7 Å². The van der Waals surface area contributed by atoms with Crippen molar-refractivity contribution < 1.29 is 23.5 Å². The minimum Gasteiger partial charge on any atom is -0.497 e. The van der Waals surface area contributed by atoms with Crippen LogP contribution >= 0.6 is 0 Å². The van der Waals surface area contributed by atoms with Crippen LogP contribution in [-0.4, -0.2) is 43.0 Å². The average Bonchev–Trinajstić information content (AvgIpc) is 2.77. The van der Waals surface area contributed by atoms with E-state index in [0.29, 0.717) is 24.5 Å². The molecule has 6 nitrogen and oxygen atoms in total. The fourth-order valence-corrected chi connectivity index (χ4v) is 2.97. The molecule has 0 saturated heterocycles.